The molecule has 3 aromatic carbocycles. The number of ether oxygens (including phenoxy) is 1. The number of para-hydroxylation sites is 1. The first kappa shape index (κ1) is 21.1. The minimum atomic E-state index is -1.19. The van der Waals surface area contributed by atoms with Gasteiger partial charge >= 0.3 is 5.97 Å². The van der Waals surface area contributed by atoms with E-state index in [9.17, 15) is 9.59 Å². The third-order valence-corrected chi connectivity index (χ3v) is 5.49. The van der Waals surface area contributed by atoms with Crippen LogP contribution in [0.15, 0.2) is 75.8 Å². The zero-order chi connectivity index (χ0) is 22.0. The van der Waals surface area contributed by atoms with Crippen LogP contribution in [0.3, 0.4) is 0 Å². The third-order valence-electron chi connectivity index (χ3n) is 4.31. The Morgan fingerprint density at radius 1 is 1.03 bits per heavy atom. The zero-order valence-corrected chi connectivity index (χ0v) is 19.1. The van der Waals surface area contributed by atoms with E-state index in [0.717, 1.165) is 16.6 Å². The minimum Gasteiger partial charge on any atom is -0.481 e. The largest absolute Gasteiger partial charge is 0.481 e. The Kier molecular flexibility index (Phi) is 6.06. The summed E-state index contributed by atoms with van der Waals surface area (Å²) in [4.78, 5) is 22.3. The van der Waals surface area contributed by atoms with E-state index >= 15 is 0 Å². The Labute approximate surface area is 193 Å². The van der Waals surface area contributed by atoms with Gasteiger partial charge in [-0.25, -0.2) is 4.68 Å². The molecule has 0 saturated heterocycles. The van der Waals surface area contributed by atoms with Gasteiger partial charge in [0.25, 0.3) is 0 Å². The monoisotopic (exact) mass is 543 g/mol. The van der Waals surface area contributed by atoms with Gasteiger partial charge in [0.1, 0.15) is 12.2 Å². The van der Waals surface area contributed by atoms with E-state index in [1.54, 1.807) is 12.1 Å². The van der Waals surface area contributed by atoms with E-state index in [-0.39, 0.29) is 0 Å². The number of amides is 1. The smallest absolute Gasteiger partial charge is 0.312 e. The van der Waals surface area contributed by atoms with Crippen LogP contribution in [0.5, 0.6) is 11.5 Å². The molecule has 0 bridgehead atoms. The first-order chi connectivity index (χ1) is 14.9. The fourth-order valence-electron chi connectivity index (χ4n) is 2.97. The fourth-order valence-corrected chi connectivity index (χ4v) is 4.32. The Bertz CT molecular complexity index is 1270. The summed E-state index contributed by atoms with van der Waals surface area (Å²) in [5.41, 5.74) is 2.25. The second-order valence-electron chi connectivity index (χ2n) is 6.62. The summed E-state index contributed by atoms with van der Waals surface area (Å²) in [5.74, 6) is -0.669. The summed E-state index contributed by atoms with van der Waals surface area (Å²) in [6.45, 7) is 0. The molecule has 1 amide bonds. The lowest BCUT2D eigenvalue weighted by molar-refractivity contribution is -0.139. The number of carboxylic acid groups (broad SMARTS) is 1. The van der Waals surface area contributed by atoms with E-state index in [1.807, 2.05) is 59.4 Å². The van der Waals surface area contributed by atoms with Gasteiger partial charge in [-0.05, 0) is 74.3 Å². The maximum Gasteiger partial charge on any atom is 0.312 e. The summed E-state index contributed by atoms with van der Waals surface area (Å²) in [5, 5.41) is 16.8. The molecule has 0 aliphatic rings. The predicted molar refractivity (Wildman–Crippen MR) is 124 cm³/mol. The summed E-state index contributed by atoms with van der Waals surface area (Å²) in [6.07, 6.45) is 1.33. The van der Waals surface area contributed by atoms with Crippen LogP contribution in [0.25, 0.3) is 16.6 Å². The van der Waals surface area contributed by atoms with Crippen molar-refractivity contribution in [3.8, 4) is 17.2 Å². The van der Waals surface area contributed by atoms with Gasteiger partial charge < -0.3 is 15.2 Å². The maximum absolute atomic E-state index is 11.7. The van der Waals surface area contributed by atoms with Gasteiger partial charge in [0, 0.05) is 17.3 Å². The molecule has 0 spiro atoms. The molecule has 0 unspecified atom stereocenters. The number of carbonyl (C=O) groups is 2. The van der Waals surface area contributed by atoms with Gasteiger partial charge in [0.15, 0.2) is 5.75 Å². The quantitative estimate of drug-likeness (QED) is 0.301. The van der Waals surface area contributed by atoms with E-state index in [1.165, 1.54) is 0 Å². The van der Waals surface area contributed by atoms with E-state index in [4.69, 9.17) is 9.84 Å². The second-order valence-corrected chi connectivity index (χ2v) is 8.33. The number of nitrogens with one attached hydrogen (secondary N) is 1. The SMILES string of the molecule is O=C(O)CC(=O)Nc1cc(Br)c(Oc2ccc3nn(-c4ccccc4)cc3c2)c(Br)c1. The zero-order valence-electron chi connectivity index (χ0n) is 15.9. The number of carbonyl (C=O) groups excluding carboxylic acids is 1. The highest BCUT2D eigenvalue weighted by atomic mass is 79.9. The molecule has 1 heterocycles. The molecular weight excluding hydrogens is 530 g/mol. The first-order valence-corrected chi connectivity index (χ1v) is 10.7. The number of aliphatic carboxylic acids is 1. The summed E-state index contributed by atoms with van der Waals surface area (Å²) in [7, 11) is 0. The first-order valence-electron chi connectivity index (χ1n) is 9.12. The normalized spacial score (nSPS) is 10.8. The number of benzene rings is 3. The Hall–Kier alpha value is -3.17. The molecule has 0 fully saturated rings. The fraction of sp³-hybridized carbons (Fsp3) is 0.0455. The summed E-state index contributed by atoms with van der Waals surface area (Å²) in [6, 6.07) is 18.7. The van der Waals surface area contributed by atoms with Crippen molar-refractivity contribution in [2.24, 2.45) is 0 Å². The van der Waals surface area contributed by atoms with Gasteiger partial charge in [0.2, 0.25) is 5.91 Å². The second kappa shape index (κ2) is 8.91. The Morgan fingerprint density at radius 3 is 2.42 bits per heavy atom. The van der Waals surface area contributed by atoms with Crippen LogP contribution in [0.2, 0.25) is 0 Å². The number of anilines is 1. The molecule has 4 rings (SSSR count). The lowest BCUT2D eigenvalue weighted by atomic mass is 10.2. The van der Waals surface area contributed by atoms with E-state index in [0.29, 0.717) is 26.1 Å². The van der Waals surface area contributed by atoms with Crippen molar-refractivity contribution < 1.29 is 19.4 Å². The highest BCUT2D eigenvalue weighted by Crippen LogP contribution is 2.39. The van der Waals surface area contributed by atoms with Crippen molar-refractivity contribution in [3.63, 3.8) is 0 Å². The van der Waals surface area contributed by atoms with Crippen LogP contribution in [-0.4, -0.2) is 26.8 Å². The lowest BCUT2D eigenvalue weighted by Gasteiger charge is -2.12. The summed E-state index contributed by atoms with van der Waals surface area (Å²) < 4.78 is 9.04. The van der Waals surface area contributed by atoms with Crippen molar-refractivity contribution in [2.75, 3.05) is 5.32 Å². The number of carboxylic acids is 1. The number of rotatable bonds is 6. The lowest BCUT2D eigenvalue weighted by Crippen LogP contribution is -2.15. The Balaban J connectivity index is 1.57. The Morgan fingerprint density at radius 2 is 1.74 bits per heavy atom. The van der Waals surface area contributed by atoms with Gasteiger partial charge in [-0.15, -0.1) is 0 Å². The molecule has 0 radical (unpaired) electrons. The topological polar surface area (TPSA) is 93.4 Å². The molecule has 156 valence electrons. The van der Waals surface area contributed by atoms with E-state index < -0.39 is 18.3 Å². The standard InChI is InChI=1S/C22H15Br2N3O4/c23-17-9-14(25-20(28)11-21(29)30)10-18(24)22(17)31-16-6-7-19-13(8-16)12-27(26-19)15-4-2-1-3-5-15/h1-10,12H,11H2,(H,25,28)(H,29,30). The summed E-state index contributed by atoms with van der Waals surface area (Å²) >= 11 is 6.88. The van der Waals surface area contributed by atoms with E-state index in [2.05, 4.69) is 42.3 Å². The van der Waals surface area contributed by atoms with Crippen LogP contribution in [0, 0.1) is 0 Å². The average molecular weight is 545 g/mol. The number of hydrogen-bond donors (Lipinski definition) is 2. The molecule has 0 atom stereocenters. The number of halogens is 2. The average Bonchev–Trinajstić information content (AvgIpc) is 3.14. The molecule has 7 nitrogen and oxygen atoms in total. The predicted octanol–water partition coefficient (Wildman–Crippen LogP) is 5.76. The molecule has 0 saturated carbocycles. The molecule has 9 heteroatoms. The maximum atomic E-state index is 11.7. The van der Waals surface area contributed by atoms with Crippen molar-refractivity contribution >= 4 is 60.3 Å². The van der Waals surface area contributed by atoms with Crippen LogP contribution < -0.4 is 10.1 Å². The van der Waals surface area contributed by atoms with Gasteiger partial charge in [-0.3, -0.25) is 9.59 Å². The number of nitrogens with zero attached hydrogens (tertiary/aromatic N) is 2. The van der Waals surface area contributed by atoms with Crippen molar-refractivity contribution in [1.29, 1.82) is 0 Å². The molecule has 31 heavy (non-hydrogen) atoms. The van der Waals surface area contributed by atoms with Crippen molar-refractivity contribution in [1.82, 2.24) is 9.78 Å². The molecule has 2 N–H and O–H groups in total. The van der Waals surface area contributed by atoms with Gasteiger partial charge in [0.05, 0.1) is 20.1 Å². The van der Waals surface area contributed by atoms with Crippen LogP contribution in [-0.2, 0) is 9.59 Å². The third kappa shape index (κ3) is 4.95. The molecule has 0 aliphatic heterocycles. The molecule has 0 aliphatic carbocycles. The van der Waals surface area contributed by atoms with Crippen LogP contribution in [0.4, 0.5) is 5.69 Å². The minimum absolute atomic E-state index is 0.442. The highest BCUT2D eigenvalue weighted by Gasteiger charge is 2.14. The number of hydrogen-bond acceptors (Lipinski definition) is 4. The van der Waals surface area contributed by atoms with Crippen molar-refractivity contribution in [2.45, 2.75) is 6.42 Å². The number of aromatic nitrogens is 2. The molecule has 1 aromatic heterocycles. The number of fused-ring (bicyclic) bond motifs is 1. The van der Waals surface area contributed by atoms with Crippen LogP contribution >= 0.6 is 31.9 Å². The molecular formula is C22H15Br2N3O4. The van der Waals surface area contributed by atoms with Crippen molar-refractivity contribution in [3.05, 3.63) is 75.8 Å². The molecule has 4 aromatic rings. The van der Waals surface area contributed by atoms with Crippen LogP contribution in [0.1, 0.15) is 6.42 Å². The van der Waals surface area contributed by atoms with Gasteiger partial charge in [-0.1, -0.05) is 18.2 Å². The highest BCUT2D eigenvalue weighted by molar-refractivity contribution is 9.11. The van der Waals surface area contributed by atoms with Gasteiger partial charge in [-0.2, -0.15) is 5.10 Å².